The molecule has 4 rings (SSSR count). The van der Waals surface area contributed by atoms with Gasteiger partial charge in [-0.2, -0.15) is 0 Å². The van der Waals surface area contributed by atoms with Gasteiger partial charge in [0, 0.05) is 24.0 Å². The lowest BCUT2D eigenvalue weighted by Crippen LogP contribution is -2.44. The molecule has 0 radical (unpaired) electrons. The highest BCUT2D eigenvalue weighted by Crippen LogP contribution is 2.37. The zero-order valence-electron chi connectivity index (χ0n) is 17.3. The monoisotopic (exact) mass is 454 g/mol. The molecule has 0 aromatic carbocycles. The summed E-state index contributed by atoms with van der Waals surface area (Å²) in [6, 6.07) is 3.45. The van der Waals surface area contributed by atoms with E-state index in [-0.39, 0.29) is 22.1 Å². The van der Waals surface area contributed by atoms with Gasteiger partial charge in [-0.1, -0.05) is 13.5 Å². The van der Waals surface area contributed by atoms with Crippen LogP contribution in [0, 0.1) is 18.2 Å². The van der Waals surface area contributed by atoms with E-state index in [1.807, 2.05) is 0 Å². The average molecular weight is 454 g/mol. The number of pyridine rings is 2. The van der Waals surface area contributed by atoms with Gasteiger partial charge < -0.3 is 9.74 Å². The first-order valence-corrected chi connectivity index (χ1v) is 9.94. The SMILES string of the molecule is [C-]#[N+]c1ncc(N2C(=O)C(C)(C)N(c3cc(F)c4nc(CC)cc(=O)n4c3)C2=S)cc1F. The molecule has 4 heterocycles. The highest BCUT2D eigenvalue weighted by Gasteiger charge is 2.51. The molecule has 1 amide bonds. The first kappa shape index (κ1) is 21.5. The number of amides is 1. The molecule has 0 atom stereocenters. The largest absolute Gasteiger partial charge is 0.358 e. The normalized spacial score (nSPS) is 15.5. The molecule has 0 aliphatic carbocycles. The predicted octanol–water partition coefficient (Wildman–Crippen LogP) is 3.40. The lowest BCUT2D eigenvalue weighted by molar-refractivity contribution is -0.120. The number of thiocarbonyl (C=S) groups is 1. The van der Waals surface area contributed by atoms with Gasteiger partial charge in [-0.15, -0.1) is 4.98 Å². The minimum atomic E-state index is -1.29. The van der Waals surface area contributed by atoms with Crippen molar-refractivity contribution in [2.24, 2.45) is 0 Å². The van der Waals surface area contributed by atoms with E-state index in [1.165, 1.54) is 23.4 Å². The maximum atomic E-state index is 15.0. The van der Waals surface area contributed by atoms with E-state index in [4.69, 9.17) is 18.8 Å². The summed E-state index contributed by atoms with van der Waals surface area (Å²) >= 11 is 5.49. The van der Waals surface area contributed by atoms with E-state index in [0.717, 1.165) is 21.4 Å². The van der Waals surface area contributed by atoms with E-state index < -0.39 is 34.5 Å². The Morgan fingerprint density at radius 2 is 1.84 bits per heavy atom. The second-order valence-corrected chi connectivity index (χ2v) is 7.97. The Balaban J connectivity index is 1.86. The molecular weight excluding hydrogens is 438 g/mol. The third kappa shape index (κ3) is 3.11. The Morgan fingerprint density at radius 3 is 2.47 bits per heavy atom. The van der Waals surface area contributed by atoms with Gasteiger partial charge in [-0.05, 0) is 38.6 Å². The second kappa shape index (κ2) is 7.42. The zero-order valence-corrected chi connectivity index (χ0v) is 18.1. The van der Waals surface area contributed by atoms with Gasteiger partial charge in [0.15, 0.2) is 22.4 Å². The molecule has 1 aliphatic rings. The fraction of sp³-hybridized carbons (Fsp3) is 0.238. The van der Waals surface area contributed by atoms with Gasteiger partial charge in [-0.3, -0.25) is 18.9 Å². The van der Waals surface area contributed by atoms with Crippen molar-refractivity contribution >= 4 is 46.1 Å². The number of aryl methyl sites for hydroxylation is 1. The molecule has 1 fully saturated rings. The molecule has 8 nitrogen and oxygen atoms in total. The van der Waals surface area contributed by atoms with Crippen LogP contribution in [0.15, 0.2) is 35.4 Å². The predicted molar refractivity (Wildman–Crippen MR) is 118 cm³/mol. The number of carbonyl (C=O) groups is 1. The molecule has 0 N–H and O–H groups in total. The van der Waals surface area contributed by atoms with Gasteiger partial charge in [0.1, 0.15) is 11.7 Å². The van der Waals surface area contributed by atoms with Crippen LogP contribution in [-0.2, 0) is 11.2 Å². The molecule has 3 aromatic heterocycles. The summed E-state index contributed by atoms with van der Waals surface area (Å²) in [6.07, 6.45) is 3.00. The number of rotatable bonds is 3. The number of hydrogen-bond donors (Lipinski definition) is 0. The lowest BCUT2D eigenvalue weighted by Gasteiger charge is -2.29. The van der Waals surface area contributed by atoms with Crippen molar-refractivity contribution in [2.75, 3.05) is 9.80 Å². The van der Waals surface area contributed by atoms with Gasteiger partial charge in [0.25, 0.3) is 11.5 Å². The summed E-state index contributed by atoms with van der Waals surface area (Å²) in [7, 11) is 0. The standard InChI is InChI=1S/C21H16F2N6O2S/c1-5-11-6-16(30)27-10-13(8-15(23)18(27)26-11)29-20(32)28(19(31)21(29,2)3)12-7-14(22)17(24-4)25-9-12/h6-10H,5H2,1-3H3. The van der Waals surface area contributed by atoms with Gasteiger partial charge in [-0.25, -0.2) is 13.8 Å². The molecule has 1 saturated heterocycles. The number of aromatic nitrogens is 3. The molecule has 0 unspecified atom stereocenters. The fourth-order valence-electron chi connectivity index (χ4n) is 3.58. The Morgan fingerprint density at radius 1 is 1.16 bits per heavy atom. The van der Waals surface area contributed by atoms with Crippen molar-refractivity contribution in [3.8, 4) is 0 Å². The van der Waals surface area contributed by atoms with Crippen LogP contribution in [0.5, 0.6) is 0 Å². The summed E-state index contributed by atoms with van der Waals surface area (Å²) in [5, 5.41) is -0.0540. The van der Waals surface area contributed by atoms with E-state index in [1.54, 1.807) is 20.8 Å². The second-order valence-electron chi connectivity index (χ2n) is 7.61. The van der Waals surface area contributed by atoms with Crippen molar-refractivity contribution in [3.05, 3.63) is 69.7 Å². The number of fused-ring (bicyclic) bond motifs is 1. The molecule has 0 saturated carbocycles. The Labute approximate surface area is 186 Å². The summed E-state index contributed by atoms with van der Waals surface area (Å²) < 4.78 is 30.1. The third-order valence-electron chi connectivity index (χ3n) is 5.21. The smallest absolute Gasteiger partial charge is 0.305 e. The summed E-state index contributed by atoms with van der Waals surface area (Å²) in [5.41, 5.74) is -1.25. The number of halogens is 2. The van der Waals surface area contributed by atoms with Crippen LogP contribution in [0.4, 0.5) is 26.0 Å². The maximum absolute atomic E-state index is 15.0. The molecular formula is C21H16F2N6O2S. The molecule has 3 aromatic rings. The van der Waals surface area contributed by atoms with E-state index in [2.05, 4.69) is 14.8 Å². The highest BCUT2D eigenvalue weighted by atomic mass is 32.1. The number of carbonyl (C=O) groups excluding carboxylic acids is 1. The fourth-order valence-corrected chi connectivity index (χ4v) is 4.10. The quantitative estimate of drug-likeness (QED) is 0.446. The van der Waals surface area contributed by atoms with Crippen molar-refractivity contribution in [2.45, 2.75) is 32.7 Å². The van der Waals surface area contributed by atoms with Crippen molar-refractivity contribution < 1.29 is 13.6 Å². The molecule has 0 spiro atoms. The van der Waals surface area contributed by atoms with Crippen LogP contribution in [0.3, 0.4) is 0 Å². The maximum Gasteiger partial charge on any atom is 0.305 e. The van der Waals surface area contributed by atoms with E-state index in [9.17, 15) is 18.4 Å². The first-order chi connectivity index (χ1) is 15.1. The van der Waals surface area contributed by atoms with Crippen molar-refractivity contribution in [1.29, 1.82) is 0 Å². The number of anilines is 2. The minimum Gasteiger partial charge on any atom is -0.358 e. The topological polar surface area (TPSA) is 75.2 Å². The van der Waals surface area contributed by atoms with Crippen molar-refractivity contribution in [1.82, 2.24) is 14.4 Å². The molecule has 1 aliphatic heterocycles. The van der Waals surface area contributed by atoms with Crippen LogP contribution < -0.4 is 15.4 Å². The lowest BCUT2D eigenvalue weighted by atomic mass is 10.0. The van der Waals surface area contributed by atoms with Crippen LogP contribution >= 0.6 is 12.2 Å². The Bertz CT molecular complexity index is 1410. The highest BCUT2D eigenvalue weighted by molar-refractivity contribution is 7.81. The van der Waals surface area contributed by atoms with Crippen LogP contribution in [0.1, 0.15) is 26.5 Å². The van der Waals surface area contributed by atoms with E-state index >= 15 is 0 Å². The first-order valence-electron chi connectivity index (χ1n) is 9.53. The summed E-state index contributed by atoms with van der Waals surface area (Å²) in [5.74, 6) is -2.59. The van der Waals surface area contributed by atoms with Crippen LogP contribution in [0.25, 0.3) is 10.5 Å². The molecule has 0 bridgehead atoms. The van der Waals surface area contributed by atoms with Crippen LogP contribution in [-0.4, -0.2) is 30.9 Å². The molecule has 162 valence electrons. The Kier molecular flexibility index (Phi) is 4.97. The zero-order chi connectivity index (χ0) is 23.4. The molecule has 11 heteroatoms. The van der Waals surface area contributed by atoms with Gasteiger partial charge >= 0.3 is 5.82 Å². The van der Waals surface area contributed by atoms with Gasteiger partial charge in [0.2, 0.25) is 0 Å². The molecule has 32 heavy (non-hydrogen) atoms. The summed E-state index contributed by atoms with van der Waals surface area (Å²) in [4.78, 5) is 39.0. The Hall–Kier alpha value is -3.78. The third-order valence-corrected chi connectivity index (χ3v) is 5.58. The van der Waals surface area contributed by atoms with Crippen LogP contribution in [0.2, 0.25) is 0 Å². The average Bonchev–Trinajstić information content (AvgIpc) is 2.92. The minimum absolute atomic E-state index is 0.0353. The summed E-state index contributed by atoms with van der Waals surface area (Å²) in [6.45, 7) is 11.9. The van der Waals surface area contributed by atoms with Gasteiger partial charge in [0.05, 0.1) is 11.4 Å². The van der Waals surface area contributed by atoms with E-state index in [0.29, 0.717) is 12.1 Å². The number of hydrogen-bond acceptors (Lipinski definition) is 5. The number of nitrogens with zero attached hydrogens (tertiary/aromatic N) is 6. The van der Waals surface area contributed by atoms with Crippen molar-refractivity contribution in [3.63, 3.8) is 0 Å².